The van der Waals surface area contributed by atoms with Gasteiger partial charge in [0.25, 0.3) is 0 Å². The lowest BCUT2D eigenvalue weighted by Gasteiger charge is -2.12. The summed E-state index contributed by atoms with van der Waals surface area (Å²) in [6.45, 7) is 3.83. The van der Waals surface area contributed by atoms with E-state index in [-0.39, 0.29) is 22.6 Å². The molecule has 0 saturated carbocycles. The molecule has 1 aromatic heterocycles. The molecule has 0 atom stereocenters. The summed E-state index contributed by atoms with van der Waals surface area (Å²) in [5, 5.41) is 11.5. The molecule has 0 spiro atoms. The van der Waals surface area contributed by atoms with E-state index in [2.05, 4.69) is 15.5 Å². The third-order valence-corrected chi connectivity index (χ3v) is 5.47. The van der Waals surface area contributed by atoms with Crippen molar-refractivity contribution in [1.29, 1.82) is 0 Å². The summed E-state index contributed by atoms with van der Waals surface area (Å²) < 4.78 is 11.3. The smallest absolute Gasteiger partial charge is 0.339 e. The van der Waals surface area contributed by atoms with Gasteiger partial charge in [-0.3, -0.25) is 9.36 Å². The monoisotopic (exact) mass is 454 g/mol. The van der Waals surface area contributed by atoms with Crippen molar-refractivity contribution in [3.8, 4) is 5.69 Å². The Morgan fingerprint density at radius 1 is 0.969 bits per heavy atom. The fourth-order valence-corrected chi connectivity index (χ4v) is 3.72. The van der Waals surface area contributed by atoms with Gasteiger partial charge in [0.1, 0.15) is 5.82 Å². The van der Waals surface area contributed by atoms with Crippen molar-refractivity contribution < 1.29 is 23.9 Å². The highest BCUT2D eigenvalue weighted by Gasteiger charge is 2.19. The number of aromatic nitrogens is 3. The lowest BCUT2D eigenvalue weighted by molar-refractivity contribution is -0.113. The number of rotatable bonds is 7. The first-order valence-electron chi connectivity index (χ1n) is 9.56. The van der Waals surface area contributed by atoms with Gasteiger partial charge in [0.05, 0.1) is 36.8 Å². The predicted molar refractivity (Wildman–Crippen MR) is 119 cm³/mol. The van der Waals surface area contributed by atoms with Gasteiger partial charge < -0.3 is 14.8 Å². The highest BCUT2D eigenvalue weighted by atomic mass is 32.2. The molecule has 1 N–H and O–H groups in total. The molecule has 1 amide bonds. The minimum absolute atomic E-state index is 0.00700. The molecule has 10 heteroatoms. The molecular formula is C22H22N4O5S. The summed E-state index contributed by atoms with van der Waals surface area (Å²) in [6.07, 6.45) is 0. The van der Waals surface area contributed by atoms with Crippen molar-refractivity contribution in [2.75, 3.05) is 25.3 Å². The second-order valence-electron chi connectivity index (χ2n) is 6.78. The Morgan fingerprint density at radius 2 is 1.66 bits per heavy atom. The summed E-state index contributed by atoms with van der Waals surface area (Å²) in [5.41, 5.74) is 2.49. The highest BCUT2D eigenvalue weighted by Crippen LogP contribution is 2.24. The number of methoxy groups -OCH3 is 2. The first kappa shape index (κ1) is 23.0. The molecule has 0 aliphatic heterocycles. The number of nitrogens with zero attached hydrogens (tertiary/aromatic N) is 3. The minimum atomic E-state index is -0.640. The number of carbonyl (C=O) groups excluding carboxylic acids is 3. The topological polar surface area (TPSA) is 112 Å². The highest BCUT2D eigenvalue weighted by molar-refractivity contribution is 7.99. The Hall–Kier alpha value is -3.66. The fraction of sp³-hybridized carbons (Fsp3) is 0.227. The van der Waals surface area contributed by atoms with Gasteiger partial charge in [0.15, 0.2) is 5.16 Å². The molecule has 32 heavy (non-hydrogen) atoms. The van der Waals surface area contributed by atoms with Gasteiger partial charge in [-0.2, -0.15) is 0 Å². The molecule has 0 bridgehead atoms. The van der Waals surface area contributed by atoms with Gasteiger partial charge in [-0.1, -0.05) is 29.5 Å². The second kappa shape index (κ2) is 10.1. The van der Waals surface area contributed by atoms with Gasteiger partial charge in [0, 0.05) is 5.69 Å². The number of thioether (sulfide) groups is 1. The minimum Gasteiger partial charge on any atom is -0.465 e. The van der Waals surface area contributed by atoms with Crippen LogP contribution in [0, 0.1) is 13.8 Å². The van der Waals surface area contributed by atoms with Crippen LogP contribution in [0.2, 0.25) is 0 Å². The molecule has 0 unspecified atom stereocenters. The first-order valence-corrected chi connectivity index (χ1v) is 10.5. The number of anilines is 1. The normalized spacial score (nSPS) is 10.5. The molecule has 9 nitrogen and oxygen atoms in total. The fourth-order valence-electron chi connectivity index (χ4n) is 2.92. The average molecular weight is 455 g/mol. The van der Waals surface area contributed by atoms with E-state index in [1.807, 2.05) is 42.7 Å². The second-order valence-corrected chi connectivity index (χ2v) is 7.72. The van der Waals surface area contributed by atoms with Crippen LogP contribution >= 0.6 is 11.8 Å². The van der Waals surface area contributed by atoms with E-state index in [9.17, 15) is 14.4 Å². The standard InChI is InChI=1S/C22H22N4O5S/c1-13-5-8-16(9-6-13)26-14(2)24-25-22(26)32-12-19(27)23-18-11-15(20(28)30-3)7-10-17(18)21(29)31-4/h5-11H,12H2,1-4H3,(H,23,27). The van der Waals surface area contributed by atoms with E-state index < -0.39 is 17.8 Å². The Bertz CT molecular complexity index is 1160. The largest absolute Gasteiger partial charge is 0.465 e. The first-order chi connectivity index (χ1) is 15.3. The number of aryl methyl sites for hydroxylation is 2. The van der Waals surface area contributed by atoms with Gasteiger partial charge in [-0.15, -0.1) is 10.2 Å². The lowest BCUT2D eigenvalue weighted by atomic mass is 10.1. The SMILES string of the molecule is COC(=O)c1ccc(C(=O)OC)c(NC(=O)CSc2nnc(C)n2-c2ccc(C)cc2)c1. The maximum absolute atomic E-state index is 12.6. The maximum atomic E-state index is 12.6. The summed E-state index contributed by atoms with van der Waals surface area (Å²) in [7, 11) is 2.48. The van der Waals surface area contributed by atoms with Crippen LogP contribution in [-0.4, -0.2) is 52.6 Å². The van der Waals surface area contributed by atoms with Crippen molar-refractivity contribution in [1.82, 2.24) is 14.8 Å². The van der Waals surface area contributed by atoms with Crippen molar-refractivity contribution >= 4 is 35.3 Å². The zero-order chi connectivity index (χ0) is 23.3. The zero-order valence-corrected chi connectivity index (χ0v) is 18.9. The number of amides is 1. The van der Waals surface area contributed by atoms with Crippen LogP contribution in [0.15, 0.2) is 47.6 Å². The van der Waals surface area contributed by atoms with Crippen LogP contribution in [0.1, 0.15) is 32.1 Å². The van der Waals surface area contributed by atoms with Crippen LogP contribution in [-0.2, 0) is 14.3 Å². The van der Waals surface area contributed by atoms with Gasteiger partial charge in [-0.05, 0) is 44.2 Å². The number of ether oxygens (including phenoxy) is 2. The molecule has 2 aromatic carbocycles. The quantitative estimate of drug-likeness (QED) is 0.428. The number of hydrogen-bond acceptors (Lipinski definition) is 8. The van der Waals surface area contributed by atoms with E-state index in [1.54, 1.807) is 0 Å². The molecule has 1 heterocycles. The van der Waals surface area contributed by atoms with Crippen LogP contribution in [0.25, 0.3) is 5.69 Å². The number of nitrogens with one attached hydrogen (secondary N) is 1. The molecule has 0 aliphatic carbocycles. The Labute approximate surface area is 189 Å². The Kier molecular flexibility index (Phi) is 7.26. The number of benzene rings is 2. The maximum Gasteiger partial charge on any atom is 0.339 e. The van der Waals surface area contributed by atoms with Crippen LogP contribution < -0.4 is 5.32 Å². The van der Waals surface area contributed by atoms with Crippen molar-refractivity contribution in [3.05, 3.63) is 65.0 Å². The molecule has 0 saturated heterocycles. The van der Waals surface area contributed by atoms with E-state index in [1.165, 1.54) is 44.2 Å². The summed E-state index contributed by atoms with van der Waals surface area (Å²) in [6, 6.07) is 12.1. The van der Waals surface area contributed by atoms with Gasteiger partial charge >= 0.3 is 11.9 Å². The average Bonchev–Trinajstić information content (AvgIpc) is 3.17. The number of esters is 2. The molecule has 0 fully saturated rings. The van der Waals surface area contributed by atoms with Crippen LogP contribution in [0.3, 0.4) is 0 Å². The zero-order valence-electron chi connectivity index (χ0n) is 18.0. The van der Waals surface area contributed by atoms with Crippen molar-refractivity contribution in [3.63, 3.8) is 0 Å². The summed E-state index contributed by atoms with van der Waals surface area (Å²) in [5.74, 6) is -0.923. The molecular weight excluding hydrogens is 432 g/mol. The lowest BCUT2D eigenvalue weighted by Crippen LogP contribution is -2.18. The number of hydrogen-bond donors (Lipinski definition) is 1. The molecule has 0 radical (unpaired) electrons. The molecule has 3 rings (SSSR count). The van der Waals surface area contributed by atoms with Crippen LogP contribution in [0.4, 0.5) is 5.69 Å². The molecule has 3 aromatic rings. The van der Waals surface area contributed by atoms with E-state index in [0.29, 0.717) is 11.0 Å². The van der Waals surface area contributed by atoms with E-state index in [0.717, 1.165) is 11.3 Å². The Balaban J connectivity index is 1.78. The van der Waals surface area contributed by atoms with Crippen molar-refractivity contribution in [2.24, 2.45) is 0 Å². The Morgan fingerprint density at radius 3 is 2.31 bits per heavy atom. The number of carbonyl (C=O) groups is 3. The van der Waals surface area contributed by atoms with Gasteiger partial charge in [0.2, 0.25) is 5.91 Å². The van der Waals surface area contributed by atoms with E-state index >= 15 is 0 Å². The predicted octanol–water partition coefficient (Wildman–Crippen LogP) is 3.19. The van der Waals surface area contributed by atoms with E-state index in [4.69, 9.17) is 9.47 Å². The third-order valence-electron chi connectivity index (χ3n) is 4.54. The van der Waals surface area contributed by atoms with Crippen LogP contribution in [0.5, 0.6) is 0 Å². The van der Waals surface area contributed by atoms with Crippen molar-refractivity contribution in [2.45, 2.75) is 19.0 Å². The molecule has 166 valence electrons. The third kappa shape index (κ3) is 5.14. The van der Waals surface area contributed by atoms with Gasteiger partial charge in [-0.25, -0.2) is 9.59 Å². The summed E-state index contributed by atoms with van der Waals surface area (Å²) >= 11 is 1.20. The summed E-state index contributed by atoms with van der Waals surface area (Å²) in [4.78, 5) is 36.5. The molecule has 0 aliphatic rings.